The summed E-state index contributed by atoms with van der Waals surface area (Å²) in [6.45, 7) is -0.918. The van der Waals surface area contributed by atoms with Gasteiger partial charge in [0, 0.05) is 6.42 Å². The van der Waals surface area contributed by atoms with Crippen LogP contribution in [0.15, 0.2) is 12.7 Å². The van der Waals surface area contributed by atoms with Crippen molar-refractivity contribution in [1.82, 2.24) is 19.5 Å². The zero-order chi connectivity index (χ0) is 22.3. The summed E-state index contributed by atoms with van der Waals surface area (Å²) >= 11 is 0. The SMILES string of the molecule is Nc1ncnc2c1ncn2C1CC(O)C(COP(=O)(OP(=O)([O-])[O-])OP(=O)(O)O)O1.[Na+].[Na+]. The van der Waals surface area contributed by atoms with Crippen LogP contribution in [0, 0.1) is 0 Å². The molecule has 1 aliphatic rings. The van der Waals surface area contributed by atoms with Gasteiger partial charge in [-0.25, -0.2) is 24.1 Å². The predicted molar refractivity (Wildman–Crippen MR) is 89.6 cm³/mol. The first-order chi connectivity index (χ1) is 13.8. The van der Waals surface area contributed by atoms with Crippen LogP contribution in [0.25, 0.3) is 11.2 Å². The van der Waals surface area contributed by atoms with E-state index in [4.69, 9.17) is 20.3 Å². The molecule has 5 N–H and O–H groups in total. The van der Waals surface area contributed by atoms with E-state index in [1.54, 1.807) is 0 Å². The van der Waals surface area contributed by atoms with Crippen LogP contribution in [0.3, 0.4) is 0 Å². The molecule has 0 bridgehead atoms. The van der Waals surface area contributed by atoms with Crippen molar-refractivity contribution < 1.29 is 115 Å². The molecule has 1 saturated heterocycles. The zero-order valence-corrected chi connectivity index (χ0v) is 23.2. The number of aliphatic hydroxyl groups excluding tert-OH is 1. The Bertz CT molecular complexity index is 1050. The van der Waals surface area contributed by atoms with Gasteiger partial charge in [0.05, 0.1) is 26.9 Å². The second-order valence-corrected chi connectivity index (χ2v) is 10.2. The van der Waals surface area contributed by atoms with Gasteiger partial charge in [0.25, 0.3) is 0 Å². The number of nitrogen functional groups attached to an aromatic ring is 1. The summed E-state index contributed by atoms with van der Waals surface area (Å²) in [5, 5.41) is 10.1. The smallest absolute Gasteiger partial charge is 0.789 e. The molecule has 0 saturated carbocycles. The molecular weight excluding hydrogens is 521 g/mol. The monoisotopic (exact) mass is 535 g/mol. The first-order valence-corrected chi connectivity index (χ1v) is 12.2. The van der Waals surface area contributed by atoms with Gasteiger partial charge in [-0.05, 0) is 0 Å². The number of anilines is 1. The Labute approximate surface area is 223 Å². The molecule has 17 nitrogen and oxygen atoms in total. The first kappa shape index (κ1) is 30.7. The second kappa shape index (κ2) is 11.6. The largest absolute Gasteiger partial charge is 1.00 e. The van der Waals surface area contributed by atoms with Crippen molar-refractivity contribution in [2.24, 2.45) is 0 Å². The molecule has 0 aliphatic carbocycles. The van der Waals surface area contributed by atoms with E-state index in [2.05, 4.69) is 28.1 Å². The van der Waals surface area contributed by atoms with Crippen molar-refractivity contribution in [2.75, 3.05) is 12.3 Å². The van der Waals surface area contributed by atoms with Gasteiger partial charge >= 0.3 is 74.8 Å². The van der Waals surface area contributed by atoms with Crippen molar-refractivity contribution in [3.63, 3.8) is 0 Å². The molecule has 168 valence electrons. The molecule has 3 rings (SSSR count). The maximum Gasteiger partial charge on any atom is 1.00 e. The number of aromatic nitrogens is 4. The van der Waals surface area contributed by atoms with Crippen LogP contribution in [0.5, 0.6) is 0 Å². The van der Waals surface area contributed by atoms with E-state index in [1.807, 2.05) is 0 Å². The van der Waals surface area contributed by atoms with E-state index in [0.717, 1.165) is 0 Å². The van der Waals surface area contributed by atoms with Gasteiger partial charge in [0.15, 0.2) is 11.5 Å². The fraction of sp³-hybridized carbons (Fsp3) is 0.500. The molecule has 1 fully saturated rings. The summed E-state index contributed by atoms with van der Waals surface area (Å²) in [7, 11) is -17.2. The standard InChI is InChI=1S/C10H16N5O12P3.2Na/c11-9-8-10(13-3-12-9)15(4-14-8)7-1-5(16)6(25-7)2-24-30(23,26-28(17,18)19)27-29(20,21)22;;/h3-7,16H,1-2H2,(H2,11,12,13)(H2,17,18,19)(H2,20,21,22);;/q;2*+1/p-2. The van der Waals surface area contributed by atoms with Crippen LogP contribution >= 0.6 is 23.5 Å². The normalized spacial score (nSPS) is 23.3. The number of phosphoric acid groups is 3. The number of hydrogen-bond acceptors (Lipinski definition) is 14. The number of nitrogens with two attached hydrogens (primary N) is 1. The Morgan fingerprint density at radius 2 is 1.84 bits per heavy atom. The Morgan fingerprint density at radius 3 is 2.44 bits per heavy atom. The summed E-state index contributed by atoms with van der Waals surface area (Å²) < 4.78 is 52.4. The molecular formula is C10H14N5Na2O12P3. The topological polar surface area (TPSA) is 265 Å². The predicted octanol–water partition coefficient (Wildman–Crippen LogP) is -7.86. The molecule has 2 aromatic rings. The van der Waals surface area contributed by atoms with Gasteiger partial charge in [-0.1, -0.05) is 0 Å². The Morgan fingerprint density at radius 1 is 1.19 bits per heavy atom. The van der Waals surface area contributed by atoms with Crippen molar-refractivity contribution in [3.8, 4) is 0 Å². The van der Waals surface area contributed by atoms with E-state index < -0.39 is 48.5 Å². The van der Waals surface area contributed by atoms with Crippen LogP contribution in [0.4, 0.5) is 5.82 Å². The van der Waals surface area contributed by atoms with Crippen molar-refractivity contribution in [1.29, 1.82) is 0 Å². The molecule has 0 aromatic carbocycles. The molecule has 2 aromatic heterocycles. The Hall–Kier alpha value is 0.680. The van der Waals surface area contributed by atoms with Crippen molar-refractivity contribution in [3.05, 3.63) is 12.7 Å². The number of nitrogens with zero attached hydrogens (tertiary/aromatic N) is 4. The van der Waals surface area contributed by atoms with Crippen LogP contribution in [-0.4, -0.2) is 53.2 Å². The van der Waals surface area contributed by atoms with Crippen LogP contribution in [-0.2, 0) is 31.6 Å². The molecule has 0 spiro atoms. The first-order valence-electron chi connectivity index (χ1n) is 7.78. The van der Waals surface area contributed by atoms with Gasteiger partial charge in [0.1, 0.15) is 24.2 Å². The van der Waals surface area contributed by atoms with Crippen LogP contribution < -0.4 is 74.6 Å². The van der Waals surface area contributed by atoms with Crippen molar-refractivity contribution in [2.45, 2.75) is 24.9 Å². The van der Waals surface area contributed by atoms with E-state index >= 15 is 0 Å². The van der Waals surface area contributed by atoms with Gasteiger partial charge in [0.2, 0.25) is 0 Å². The van der Waals surface area contributed by atoms with Gasteiger partial charge < -0.3 is 39.7 Å². The number of fused-ring (bicyclic) bond motifs is 1. The second-order valence-electron chi connectivity index (χ2n) is 5.86. The molecule has 4 atom stereocenters. The Balaban J connectivity index is 0.00000256. The number of imidazole rings is 1. The van der Waals surface area contributed by atoms with Gasteiger partial charge in [-0.15, -0.1) is 0 Å². The third-order valence-electron chi connectivity index (χ3n) is 3.70. The third kappa shape index (κ3) is 8.12. The molecule has 3 heterocycles. The minimum atomic E-state index is -6.03. The minimum absolute atomic E-state index is 0. The summed E-state index contributed by atoms with van der Waals surface area (Å²) in [5.74, 6) is 0.101. The summed E-state index contributed by atoms with van der Waals surface area (Å²) in [5.41, 5.74) is 6.23. The van der Waals surface area contributed by atoms with Crippen molar-refractivity contribution >= 4 is 40.4 Å². The maximum atomic E-state index is 12.1. The quantitative estimate of drug-likeness (QED) is 0.181. The summed E-state index contributed by atoms with van der Waals surface area (Å²) in [4.78, 5) is 50.7. The zero-order valence-electron chi connectivity index (χ0n) is 16.5. The summed E-state index contributed by atoms with van der Waals surface area (Å²) in [6, 6.07) is 0. The van der Waals surface area contributed by atoms with Crippen LogP contribution in [0.2, 0.25) is 0 Å². The molecule has 22 heteroatoms. The van der Waals surface area contributed by atoms with E-state index in [1.165, 1.54) is 17.2 Å². The number of aliphatic hydroxyl groups is 1. The molecule has 4 unspecified atom stereocenters. The average molecular weight is 535 g/mol. The number of rotatable bonds is 8. The molecule has 32 heavy (non-hydrogen) atoms. The fourth-order valence-electron chi connectivity index (χ4n) is 2.60. The van der Waals surface area contributed by atoms with Gasteiger partial charge in [-0.2, -0.15) is 4.31 Å². The number of ether oxygens (including phenoxy) is 1. The van der Waals surface area contributed by atoms with E-state index in [0.29, 0.717) is 0 Å². The number of hydrogen-bond donors (Lipinski definition) is 4. The van der Waals surface area contributed by atoms with Crippen LogP contribution in [0.1, 0.15) is 12.6 Å². The molecule has 0 amide bonds. The average Bonchev–Trinajstić information content (AvgIpc) is 3.13. The molecule has 1 aliphatic heterocycles. The third-order valence-corrected chi connectivity index (χ3v) is 7.42. The maximum absolute atomic E-state index is 12.1. The Kier molecular flexibility index (Phi) is 11.1. The minimum Gasteiger partial charge on any atom is -0.789 e. The van der Waals surface area contributed by atoms with Gasteiger partial charge in [-0.3, -0.25) is 13.4 Å². The molecule has 0 radical (unpaired) electrons. The van der Waals surface area contributed by atoms with E-state index in [9.17, 15) is 28.6 Å². The van der Waals surface area contributed by atoms with E-state index in [-0.39, 0.29) is 82.5 Å². The summed E-state index contributed by atoms with van der Waals surface area (Å²) in [6.07, 6.45) is -1.01. The fourth-order valence-corrected chi connectivity index (χ4v) is 5.71.